The van der Waals surface area contributed by atoms with E-state index in [0.29, 0.717) is 23.0 Å². The van der Waals surface area contributed by atoms with E-state index in [1.165, 1.54) is 6.20 Å². The molecule has 1 heterocycles. The number of nitrogens with zero attached hydrogens (tertiary/aromatic N) is 2. The van der Waals surface area contributed by atoms with Crippen molar-refractivity contribution in [2.24, 2.45) is 0 Å². The van der Waals surface area contributed by atoms with Gasteiger partial charge in [-0.1, -0.05) is 41.9 Å². The molecule has 0 atom stereocenters. The first-order valence-electron chi connectivity index (χ1n) is 7.77. The number of aromatic nitrogens is 1. The fourth-order valence-corrected chi connectivity index (χ4v) is 2.42. The molecule has 1 aromatic heterocycles. The summed E-state index contributed by atoms with van der Waals surface area (Å²) < 4.78 is 5.48. The Balaban J connectivity index is 2.18. The first-order valence-corrected chi connectivity index (χ1v) is 8.15. The molecule has 0 aliphatic heterocycles. The van der Waals surface area contributed by atoms with Crippen LogP contribution in [0.2, 0.25) is 5.02 Å². The molecule has 0 unspecified atom stereocenters. The highest BCUT2D eigenvalue weighted by atomic mass is 35.5. The summed E-state index contributed by atoms with van der Waals surface area (Å²) >= 11 is 6.15. The molecular formula is C18H21ClN2O3. The smallest absolute Gasteiger partial charge is 0.255 e. The molecule has 2 aromatic rings. The Morgan fingerprint density at radius 3 is 2.62 bits per heavy atom. The number of halogens is 1. The highest BCUT2D eigenvalue weighted by Crippen LogP contribution is 2.24. The Kier molecular flexibility index (Phi) is 6.58. The van der Waals surface area contributed by atoms with Gasteiger partial charge in [-0.2, -0.15) is 0 Å². The first kappa shape index (κ1) is 18.2. The van der Waals surface area contributed by atoms with Crippen LogP contribution in [0.5, 0.6) is 5.88 Å². The summed E-state index contributed by atoms with van der Waals surface area (Å²) in [6, 6.07) is 11.1. The third-order valence-electron chi connectivity index (χ3n) is 3.28. The Morgan fingerprint density at radius 2 is 2.04 bits per heavy atom. The molecule has 0 bridgehead atoms. The van der Waals surface area contributed by atoms with Crippen molar-refractivity contribution in [1.29, 1.82) is 0 Å². The van der Waals surface area contributed by atoms with Crippen LogP contribution in [-0.2, 0) is 6.54 Å². The highest BCUT2D eigenvalue weighted by Gasteiger charge is 2.18. The van der Waals surface area contributed by atoms with Crippen LogP contribution in [0.25, 0.3) is 0 Å². The van der Waals surface area contributed by atoms with Crippen molar-refractivity contribution < 1.29 is 14.6 Å². The lowest BCUT2D eigenvalue weighted by Gasteiger charge is -2.22. The molecule has 6 heteroatoms. The van der Waals surface area contributed by atoms with Crippen molar-refractivity contribution in [3.05, 3.63) is 58.7 Å². The monoisotopic (exact) mass is 348 g/mol. The Hall–Kier alpha value is -2.11. The molecule has 2 rings (SSSR count). The average Bonchev–Trinajstić information content (AvgIpc) is 2.56. The van der Waals surface area contributed by atoms with Gasteiger partial charge in [0.2, 0.25) is 5.88 Å². The second kappa shape index (κ2) is 8.66. The van der Waals surface area contributed by atoms with Crippen LogP contribution in [-0.4, -0.2) is 40.2 Å². The van der Waals surface area contributed by atoms with Crippen LogP contribution < -0.4 is 4.74 Å². The van der Waals surface area contributed by atoms with Crippen molar-refractivity contribution >= 4 is 17.5 Å². The Labute approximate surface area is 146 Å². The zero-order valence-corrected chi connectivity index (χ0v) is 14.5. The van der Waals surface area contributed by atoms with E-state index in [2.05, 4.69) is 4.98 Å². The molecule has 1 aromatic carbocycles. The van der Waals surface area contributed by atoms with Gasteiger partial charge < -0.3 is 14.7 Å². The Bertz CT molecular complexity index is 677. The van der Waals surface area contributed by atoms with E-state index in [9.17, 15) is 9.90 Å². The van der Waals surface area contributed by atoms with Crippen molar-refractivity contribution in [2.45, 2.75) is 26.5 Å². The van der Waals surface area contributed by atoms with Gasteiger partial charge in [-0.05, 0) is 25.5 Å². The van der Waals surface area contributed by atoms with Gasteiger partial charge in [0.05, 0.1) is 18.3 Å². The molecule has 0 saturated heterocycles. The number of carbonyl (C=O) groups excluding carboxylic acids is 1. The van der Waals surface area contributed by atoms with Crippen LogP contribution in [0.3, 0.4) is 0 Å². The van der Waals surface area contributed by atoms with Gasteiger partial charge in [0.1, 0.15) is 5.02 Å². The summed E-state index contributed by atoms with van der Waals surface area (Å²) in [4.78, 5) is 18.4. The van der Waals surface area contributed by atoms with Gasteiger partial charge in [-0.25, -0.2) is 4.98 Å². The van der Waals surface area contributed by atoms with E-state index in [4.69, 9.17) is 16.3 Å². The van der Waals surface area contributed by atoms with Gasteiger partial charge in [0.25, 0.3) is 5.91 Å². The van der Waals surface area contributed by atoms with Crippen LogP contribution in [0, 0.1) is 0 Å². The first-order chi connectivity index (χ1) is 11.5. The number of pyridine rings is 1. The number of rotatable bonds is 7. The second-order valence-electron chi connectivity index (χ2n) is 5.61. The number of hydrogen-bond donors (Lipinski definition) is 1. The minimum atomic E-state index is -0.238. The lowest BCUT2D eigenvalue weighted by atomic mass is 10.2. The number of amides is 1. The summed E-state index contributed by atoms with van der Waals surface area (Å²) in [5.74, 6) is 0.0679. The predicted molar refractivity (Wildman–Crippen MR) is 93.3 cm³/mol. The number of hydrogen-bond acceptors (Lipinski definition) is 4. The van der Waals surface area contributed by atoms with E-state index in [1.54, 1.807) is 11.0 Å². The van der Waals surface area contributed by atoms with E-state index < -0.39 is 0 Å². The highest BCUT2D eigenvalue weighted by molar-refractivity contribution is 6.32. The molecule has 5 nitrogen and oxygen atoms in total. The number of aliphatic hydroxyl groups is 1. The predicted octanol–water partition coefficient (Wildman–Crippen LogP) is 3.16. The molecule has 0 radical (unpaired) electrons. The molecule has 1 amide bonds. The van der Waals surface area contributed by atoms with E-state index in [-0.39, 0.29) is 25.2 Å². The normalized spacial score (nSPS) is 10.7. The molecule has 1 N–H and O–H groups in total. The van der Waals surface area contributed by atoms with Gasteiger partial charge in [0.15, 0.2) is 0 Å². The molecule has 24 heavy (non-hydrogen) atoms. The molecule has 0 fully saturated rings. The maximum absolute atomic E-state index is 12.7. The lowest BCUT2D eigenvalue weighted by molar-refractivity contribution is 0.0707. The SMILES string of the molecule is CC(C)Oc1ncc(C(=O)N(CCO)Cc2ccccc2)cc1Cl. The van der Waals surface area contributed by atoms with E-state index in [0.717, 1.165) is 5.56 Å². The average molecular weight is 349 g/mol. The van der Waals surface area contributed by atoms with Gasteiger partial charge in [0, 0.05) is 19.3 Å². The molecule has 0 saturated carbocycles. The third kappa shape index (κ3) is 4.94. The maximum atomic E-state index is 12.7. The third-order valence-corrected chi connectivity index (χ3v) is 3.55. The molecular weight excluding hydrogens is 328 g/mol. The minimum absolute atomic E-state index is 0.0551. The zero-order valence-electron chi connectivity index (χ0n) is 13.8. The van der Waals surface area contributed by atoms with Crippen molar-refractivity contribution in [1.82, 2.24) is 9.88 Å². The maximum Gasteiger partial charge on any atom is 0.255 e. The lowest BCUT2D eigenvalue weighted by Crippen LogP contribution is -2.33. The molecule has 128 valence electrons. The summed E-state index contributed by atoms with van der Waals surface area (Å²) in [6.07, 6.45) is 1.39. The fourth-order valence-electron chi connectivity index (χ4n) is 2.21. The number of aliphatic hydroxyl groups excluding tert-OH is 1. The number of carbonyl (C=O) groups is 1. The summed E-state index contributed by atoms with van der Waals surface area (Å²) in [5.41, 5.74) is 1.35. The summed E-state index contributed by atoms with van der Waals surface area (Å²) in [7, 11) is 0. The quantitative estimate of drug-likeness (QED) is 0.834. The van der Waals surface area contributed by atoms with Crippen molar-refractivity contribution in [3.63, 3.8) is 0 Å². The van der Waals surface area contributed by atoms with E-state index >= 15 is 0 Å². The second-order valence-corrected chi connectivity index (χ2v) is 6.02. The zero-order chi connectivity index (χ0) is 17.5. The topological polar surface area (TPSA) is 62.7 Å². The molecule has 0 aliphatic carbocycles. The van der Waals surface area contributed by atoms with Crippen LogP contribution in [0.15, 0.2) is 42.6 Å². The largest absolute Gasteiger partial charge is 0.474 e. The van der Waals surface area contributed by atoms with Crippen molar-refractivity contribution in [3.8, 4) is 5.88 Å². The van der Waals surface area contributed by atoms with Crippen LogP contribution in [0.4, 0.5) is 0 Å². The van der Waals surface area contributed by atoms with E-state index in [1.807, 2.05) is 44.2 Å². The fraction of sp³-hybridized carbons (Fsp3) is 0.333. The Morgan fingerprint density at radius 1 is 1.33 bits per heavy atom. The van der Waals surface area contributed by atoms with Gasteiger partial charge >= 0.3 is 0 Å². The van der Waals surface area contributed by atoms with Crippen LogP contribution in [0.1, 0.15) is 29.8 Å². The van der Waals surface area contributed by atoms with Crippen molar-refractivity contribution in [2.75, 3.05) is 13.2 Å². The van der Waals surface area contributed by atoms with Crippen LogP contribution >= 0.6 is 11.6 Å². The summed E-state index contributed by atoms with van der Waals surface area (Å²) in [5, 5.41) is 9.54. The minimum Gasteiger partial charge on any atom is -0.474 e. The molecule has 0 spiro atoms. The van der Waals surface area contributed by atoms with Gasteiger partial charge in [-0.15, -0.1) is 0 Å². The standard InChI is InChI=1S/C18H21ClN2O3/c1-13(2)24-17-16(19)10-15(11-20-17)18(23)21(8-9-22)12-14-6-4-3-5-7-14/h3-7,10-11,13,22H,8-9,12H2,1-2H3. The molecule has 0 aliphatic rings. The van der Waals surface area contributed by atoms with Gasteiger partial charge in [-0.3, -0.25) is 4.79 Å². The number of benzene rings is 1. The number of ether oxygens (including phenoxy) is 1. The summed E-state index contributed by atoms with van der Waals surface area (Å²) in [6.45, 7) is 4.27.